The van der Waals surface area contributed by atoms with E-state index in [1.807, 2.05) is 25.2 Å². The van der Waals surface area contributed by atoms with Crippen molar-refractivity contribution in [3.8, 4) is 0 Å². The molecule has 0 spiro atoms. The number of nitrogens with zero attached hydrogens (tertiary/aromatic N) is 1. The van der Waals surface area contributed by atoms with Gasteiger partial charge in [-0.15, -0.1) is 0 Å². The molecule has 0 unspecified atom stereocenters. The van der Waals surface area contributed by atoms with Gasteiger partial charge < -0.3 is 10.1 Å². The molecule has 2 aromatic rings. The number of para-hydroxylation sites is 1. The number of hydrogen-bond donors (Lipinski definition) is 1. The van der Waals surface area contributed by atoms with Crippen molar-refractivity contribution < 1.29 is 4.74 Å². The molecule has 3 nitrogen and oxygen atoms in total. The summed E-state index contributed by atoms with van der Waals surface area (Å²) in [4.78, 5) is 4.62. The fourth-order valence-electron chi connectivity index (χ4n) is 2.66. The average Bonchev–Trinajstić information content (AvgIpc) is 2.41. The lowest BCUT2D eigenvalue weighted by Crippen LogP contribution is -2.36. The first-order chi connectivity index (χ1) is 9.35. The zero-order chi connectivity index (χ0) is 13.1. The van der Waals surface area contributed by atoms with E-state index in [4.69, 9.17) is 4.74 Å². The highest BCUT2D eigenvalue weighted by Crippen LogP contribution is 2.30. The van der Waals surface area contributed by atoms with E-state index >= 15 is 0 Å². The summed E-state index contributed by atoms with van der Waals surface area (Å²) in [5, 5.41) is 4.40. The SMILES string of the molecule is CNCC1CC(OCc2ccc3ccccc3n2)C1. The third kappa shape index (κ3) is 2.94. The number of aromatic nitrogens is 1. The van der Waals surface area contributed by atoms with Gasteiger partial charge in [0.15, 0.2) is 0 Å². The number of nitrogens with one attached hydrogen (secondary N) is 1. The smallest absolute Gasteiger partial charge is 0.0891 e. The van der Waals surface area contributed by atoms with Crippen molar-refractivity contribution in [3.05, 3.63) is 42.1 Å². The first-order valence-corrected chi connectivity index (χ1v) is 6.96. The first kappa shape index (κ1) is 12.6. The van der Waals surface area contributed by atoms with Crippen LogP contribution in [0.3, 0.4) is 0 Å². The molecule has 0 amide bonds. The summed E-state index contributed by atoms with van der Waals surface area (Å²) in [5.41, 5.74) is 2.07. The van der Waals surface area contributed by atoms with Gasteiger partial charge in [0.1, 0.15) is 0 Å². The Hall–Kier alpha value is -1.45. The lowest BCUT2D eigenvalue weighted by Gasteiger charge is -2.34. The van der Waals surface area contributed by atoms with Crippen LogP contribution in [0.15, 0.2) is 36.4 Å². The predicted molar refractivity (Wildman–Crippen MR) is 77.0 cm³/mol. The van der Waals surface area contributed by atoms with Crippen molar-refractivity contribution in [1.82, 2.24) is 10.3 Å². The van der Waals surface area contributed by atoms with E-state index in [1.165, 1.54) is 18.2 Å². The number of ether oxygens (including phenoxy) is 1. The Morgan fingerprint density at radius 3 is 2.89 bits per heavy atom. The highest BCUT2D eigenvalue weighted by Gasteiger charge is 2.29. The van der Waals surface area contributed by atoms with Crippen molar-refractivity contribution >= 4 is 10.9 Å². The van der Waals surface area contributed by atoms with Crippen molar-refractivity contribution in [3.63, 3.8) is 0 Å². The summed E-state index contributed by atoms with van der Waals surface area (Å²) in [6.07, 6.45) is 2.77. The van der Waals surface area contributed by atoms with Crippen molar-refractivity contribution in [2.24, 2.45) is 5.92 Å². The van der Waals surface area contributed by atoms with Crippen LogP contribution in [0.5, 0.6) is 0 Å². The van der Waals surface area contributed by atoms with Gasteiger partial charge in [0.05, 0.1) is 23.9 Å². The maximum Gasteiger partial charge on any atom is 0.0891 e. The van der Waals surface area contributed by atoms with Gasteiger partial charge in [-0.2, -0.15) is 0 Å². The molecule has 0 saturated heterocycles. The number of hydrogen-bond acceptors (Lipinski definition) is 3. The van der Waals surface area contributed by atoms with Gasteiger partial charge in [-0.25, -0.2) is 0 Å². The van der Waals surface area contributed by atoms with Crippen LogP contribution in [0.4, 0.5) is 0 Å². The van der Waals surface area contributed by atoms with Gasteiger partial charge in [-0.05, 0) is 44.5 Å². The topological polar surface area (TPSA) is 34.1 Å². The molecular formula is C16H20N2O. The fourth-order valence-corrected chi connectivity index (χ4v) is 2.66. The summed E-state index contributed by atoms with van der Waals surface area (Å²) in [6.45, 7) is 1.73. The molecule has 1 fully saturated rings. The number of rotatable bonds is 5. The molecular weight excluding hydrogens is 236 g/mol. The van der Waals surface area contributed by atoms with Crippen LogP contribution >= 0.6 is 0 Å². The monoisotopic (exact) mass is 256 g/mol. The Morgan fingerprint density at radius 2 is 2.05 bits per heavy atom. The molecule has 19 heavy (non-hydrogen) atoms. The van der Waals surface area contributed by atoms with E-state index in [0.29, 0.717) is 12.7 Å². The van der Waals surface area contributed by atoms with Gasteiger partial charge in [0.25, 0.3) is 0 Å². The average molecular weight is 256 g/mol. The van der Waals surface area contributed by atoms with E-state index in [0.717, 1.165) is 23.7 Å². The Morgan fingerprint density at radius 1 is 1.21 bits per heavy atom. The van der Waals surface area contributed by atoms with Crippen molar-refractivity contribution in [2.45, 2.75) is 25.6 Å². The largest absolute Gasteiger partial charge is 0.372 e. The summed E-state index contributed by atoms with van der Waals surface area (Å²) in [5.74, 6) is 0.791. The zero-order valence-electron chi connectivity index (χ0n) is 11.3. The minimum absolute atomic E-state index is 0.423. The molecule has 1 aromatic heterocycles. The summed E-state index contributed by atoms with van der Waals surface area (Å²) in [6, 6.07) is 12.4. The molecule has 0 radical (unpaired) electrons. The van der Waals surface area contributed by atoms with Gasteiger partial charge in [0, 0.05) is 5.39 Å². The van der Waals surface area contributed by atoms with Gasteiger partial charge >= 0.3 is 0 Å². The van der Waals surface area contributed by atoms with Gasteiger partial charge in [-0.1, -0.05) is 24.3 Å². The molecule has 100 valence electrons. The molecule has 3 heteroatoms. The van der Waals surface area contributed by atoms with Crippen LogP contribution in [0.25, 0.3) is 10.9 Å². The first-order valence-electron chi connectivity index (χ1n) is 6.96. The highest BCUT2D eigenvalue weighted by molar-refractivity contribution is 5.78. The van der Waals surface area contributed by atoms with E-state index in [1.54, 1.807) is 0 Å². The normalized spacial score (nSPS) is 22.4. The van der Waals surface area contributed by atoms with Crippen LogP contribution in [0.1, 0.15) is 18.5 Å². The molecule has 1 aliphatic rings. The molecule has 0 aliphatic heterocycles. The number of fused-ring (bicyclic) bond motifs is 1. The molecule has 1 N–H and O–H groups in total. The third-order valence-corrected chi connectivity index (χ3v) is 3.81. The summed E-state index contributed by atoms with van der Waals surface area (Å²) >= 11 is 0. The maximum atomic E-state index is 5.90. The molecule has 1 aromatic carbocycles. The molecule has 1 saturated carbocycles. The maximum absolute atomic E-state index is 5.90. The summed E-state index contributed by atoms with van der Waals surface area (Å²) in [7, 11) is 2.01. The van der Waals surface area contributed by atoms with Gasteiger partial charge in [0.2, 0.25) is 0 Å². The lowest BCUT2D eigenvalue weighted by molar-refractivity contribution is -0.0402. The molecule has 1 heterocycles. The van der Waals surface area contributed by atoms with Crippen LogP contribution in [-0.4, -0.2) is 24.7 Å². The fraction of sp³-hybridized carbons (Fsp3) is 0.438. The lowest BCUT2D eigenvalue weighted by atomic mass is 9.82. The summed E-state index contributed by atoms with van der Waals surface area (Å²) < 4.78 is 5.90. The number of benzene rings is 1. The van der Waals surface area contributed by atoms with Crippen LogP contribution in [0.2, 0.25) is 0 Å². The van der Waals surface area contributed by atoms with E-state index in [2.05, 4.69) is 28.5 Å². The standard InChI is InChI=1S/C16H20N2O/c1-17-10-12-8-15(9-12)19-11-14-7-6-13-4-2-3-5-16(13)18-14/h2-7,12,15,17H,8-11H2,1H3. The quantitative estimate of drug-likeness (QED) is 0.893. The van der Waals surface area contributed by atoms with E-state index < -0.39 is 0 Å². The van der Waals surface area contributed by atoms with E-state index in [9.17, 15) is 0 Å². The molecule has 0 atom stereocenters. The Kier molecular flexibility index (Phi) is 3.76. The van der Waals surface area contributed by atoms with Crippen molar-refractivity contribution in [1.29, 1.82) is 0 Å². The van der Waals surface area contributed by atoms with E-state index in [-0.39, 0.29) is 0 Å². The second-order valence-corrected chi connectivity index (χ2v) is 5.32. The van der Waals surface area contributed by atoms with Crippen LogP contribution in [-0.2, 0) is 11.3 Å². The molecule has 0 bridgehead atoms. The third-order valence-electron chi connectivity index (χ3n) is 3.81. The minimum Gasteiger partial charge on any atom is -0.372 e. The molecule has 1 aliphatic carbocycles. The Bertz CT molecular complexity index is 549. The van der Waals surface area contributed by atoms with Gasteiger partial charge in [-0.3, -0.25) is 4.98 Å². The minimum atomic E-state index is 0.423. The van der Waals surface area contributed by atoms with Crippen LogP contribution < -0.4 is 5.32 Å². The van der Waals surface area contributed by atoms with Crippen molar-refractivity contribution in [2.75, 3.05) is 13.6 Å². The highest BCUT2D eigenvalue weighted by atomic mass is 16.5. The number of pyridine rings is 1. The second kappa shape index (κ2) is 5.68. The Labute approximate surface area is 114 Å². The predicted octanol–water partition coefficient (Wildman–Crippen LogP) is 2.75. The molecule has 3 rings (SSSR count). The Balaban J connectivity index is 1.55. The van der Waals surface area contributed by atoms with Crippen LogP contribution in [0, 0.1) is 5.92 Å². The zero-order valence-corrected chi connectivity index (χ0v) is 11.3. The second-order valence-electron chi connectivity index (χ2n) is 5.32.